The number of carbonyl (C=O) groups excluding carboxylic acids is 1. The number of benzene rings is 3. The van der Waals surface area contributed by atoms with E-state index >= 15 is 0 Å². The van der Waals surface area contributed by atoms with E-state index in [4.69, 9.17) is 0 Å². The molecule has 7 heteroatoms. The Morgan fingerprint density at radius 1 is 0.897 bits per heavy atom. The zero-order chi connectivity index (χ0) is 21.0. The highest BCUT2D eigenvalue weighted by Crippen LogP contribution is 2.33. The second kappa shape index (κ2) is 8.36. The van der Waals surface area contributed by atoms with E-state index in [1.165, 1.54) is 7.05 Å². The number of nitrogens with one attached hydrogen (secondary N) is 2. The molecule has 29 heavy (non-hydrogen) atoms. The lowest BCUT2D eigenvalue weighted by atomic mass is 10.0. The Bertz CT molecular complexity index is 1110. The Morgan fingerprint density at radius 3 is 2.10 bits per heavy atom. The largest absolute Gasteiger partial charge is 0.388 e. The van der Waals surface area contributed by atoms with Gasteiger partial charge >= 0.3 is 0 Å². The molecule has 150 valence electrons. The summed E-state index contributed by atoms with van der Waals surface area (Å²) in [6.45, 7) is 0. The molecule has 0 fully saturated rings. The molecule has 3 aromatic carbocycles. The summed E-state index contributed by atoms with van der Waals surface area (Å²) in [6, 6.07) is 21.9. The van der Waals surface area contributed by atoms with E-state index < -0.39 is 10.0 Å². The van der Waals surface area contributed by atoms with Crippen molar-refractivity contribution < 1.29 is 13.2 Å². The first kappa shape index (κ1) is 20.4. The van der Waals surface area contributed by atoms with Crippen LogP contribution in [0.15, 0.2) is 72.8 Å². The van der Waals surface area contributed by atoms with Crippen molar-refractivity contribution in [3.8, 4) is 11.1 Å². The highest BCUT2D eigenvalue weighted by molar-refractivity contribution is 7.92. The number of anilines is 3. The van der Waals surface area contributed by atoms with Gasteiger partial charge in [-0.1, -0.05) is 36.4 Å². The fraction of sp³-hybridized carbons (Fsp3) is 0.136. The summed E-state index contributed by atoms with van der Waals surface area (Å²) in [6.07, 6.45) is 1.13. The number of nitrogens with zero attached hydrogens (tertiary/aromatic N) is 1. The van der Waals surface area contributed by atoms with Crippen LogP contribution in [0.4, 0.5) is 17.1 Å². The van der Waals surface area contributed by atoms with Crippen LogP contribution in [0.2, 0.25) is 0 Å². The summed E-state index contributed by atoms with van der Waals surface area (Å²) < 4.78 is 25.3. The van der Waals surface area contributed by atoms with Gasteiger partial charge in [-0.2, -0.15) is 0 Å². The van der Waals surface area contributed by atoms with Crippen LogP contribution >= 0.6 is 0 Å². The molecule has 0 unspecified atom stereocenters. The van der Waals surface area contributed by atoms with Gasteiger partial charge in [0.05, 0.1) is 17.6 Å². The van der Waals surface area contributed by atoms with Gasteiger partial charge in [-0.25, -0.2) is 8.42 Å². The molecule has 0 aromatic heterocycles. The molecular formula is C22H23N3O3S. The van der Waals surface area contributed by atoms with Crippen LogP contribution < -0.4 is 14.9 Å². The van der Waals surface area contributed by atoms with Crippen molar-refractivity contribution in [3.05, 3.63) is 78.4 Å². The van der Waals surface area contributed by atoms with Crippen LogP contribution in [0.25, 0.3) is 11.1 Å². The van der Waals surface area contributed by atoms with Crippen molar-refractivity contribution in [1.29, 1.82) is 0 Å². The third-order valence-corrected chi connectivity index (χ3v) is 5.82. The van der Waals surface area contributed by atoms with Crippen molar-refractivity contribution in [1.82, 2.24) is 0 Å². The molecule has 0 saturated heterocycles. The van der Waals surface area contributed by atoms with Crippen molar-refractivity contribution in [2.75, 3.05) is 35.3 Å². The summed E-state index contributed by atoms with van der Waals surface area (Å²) in [5.74, 6) is -0.309. The average molecular weight is 410 g/mol. The first-order chi connectivity index (χ1) is 13.8. The Labute approximate surface area is 171 Å². The van der Waals surface area contributed by atoms with E-state index in [0.29, 0.717) is 16.9 Å². The quantitative estimate of drug-likeness (QED) is 0.644. The van der Waals surface area contributed by atoms with Gasteiger partial charge < -0.3 is 10.6 Å². The lowest BCUT2D eigenvalue weighted by Gasteiger charge is -2.21. The minimum atomic E-state index is -3.49. The van der Waals surface area contributed by atoms with Gasteiger partial charge in [-0.15, -0.1) is 0 Å². The minimum Gasteiger partial charge on any atom is -0.388 e. The van der Waals surface area contributed by atoms with Crippen LogP contribution in [0.1, 0.15) is 10.4 Å². The molecule has 0 bridgehead atoms. The van der Waals surface area contributed by atoms with Crippen LogP contribution in [-0.4, -0.2) is 34.7 Å². The maximum Gasteiger partial charge on any atom is 0.255 e. The fourth-order valence-corrected chi connectivity index (χ4v) is 3.40. The molecule has 0 radical (unpaired) electrons. The summed E-state index contributed by atoms with van der Waals surface area (Å²) >= 11 is 0. The van der Waals surface area contributed by atoms with Crippen LogP contribution in [-0.2, 0) is 10.0 Å². The predicted octanol–water partition coefficient (Wildman–Crippen LogP) is 4.04. The van der Waals surface area contributed by atoms with Gasteiger partial charge in [-0.3, -0.25) is 9.10 Å². The van der Waals surface area contributed by atoms with E-state index in [9.17, 15) is 13.2 Å². The van der Waals surface area contributed by atoms with Crippen molar-refractivity contribution in [2.45, 2.75) is 0 Å². The number of sulfonamides is 1. The van der Waals surface area contributed by atoms with Gasteiger partial charge in [0.15, 0.2) is 0 Å². The predicted molar refractivity (Wildman–Crippen MR) is 119 cm³/mol. The molecule has 0 aliphatic carbocycles. The van der Waals surface area contributed by atoms with Gasteiger partial charge in [-0.05, 0) is 47.5 Å². The smallest absolute Gasteiger partial charge is 0.255 e. The maximum absolute atomic E-state index is 12.7. The SMILES string of the molecule is CNc1ccc(-c2ccc(N(C)S(C)(=O)=O)c(NC(=O)c3ccccc3)c2)cc1. The standard InChI is InChI=1S/C22H23N3O3S/c1-23-19-12-9-16(10-13-19)18-11-14-21(25(2)29(3,27)28)20(15-18)24-22(26)17-7-5-4-6-8-17/h4-15,23H,1-3H3,(H,24,26). The molecule has 1 amide bonds. The van der Waals surface area contributed by atoms with E-state index in [1.807, 2.05) is 43.4 Å². The normalized spacial score (nSPS) is 11.0. The summed E-state index contributed by atoms with van der Waals surface area (Å²) in [5.41, 5.74) is 4.10. The molecule has 0 spiro atoms. The third kappa shape index (κ3) is 4.75. The highest BCUT2D eigenvalue weighted by atomic mass is 32.2. The average Bonchev–Trinajstić information content (AvgIpc) is 2.73. The topological polar surface area (TPSA) is 78.5 Å². The lowest BCUT2D eigenvalue weighted by molar-refractivity contribution is 0.102. The molecule has 3 rings (SSSR count). The fourth-order valence-electron chi connectivity index (χ4n) is 2.88. The van der Waals surface area contributed by atoms with Gasteiger partial charge in [0, 0.05) is 25.3 Å². The van der Waals surface area contributed by atoms with Gasteiger partial charge in [0.2, 0.25) is 10.0 Å². The van der Waals surface area contributed by atoms with E-state index in [2.05, 4.69) is 10.6 Å². The van der Waals surface area contributed by atoms with Crippen molar-refractivity contribution in [3.63, 3.8) is 0 Å². The number of hydrogen-bond donors (Lipinski definition) is 2. The Morgan fingerprint density at radius 2 is 1.52 bits per heavy atom. The van der Waals surface area contributed by atoms with Gasteiger partial charge in [0.1, 0.15) is 0 Å². The third-order valence-electron chi connectivity index (χ3n) is 4.62. The number of carbonyl (C=O) groups is 1. The molecule has 3 aromatic rings. The minimum absolute atomic E-state index is 0.309. The summed E-state index contributed by atoms with van der Waals surface area (Å²) in [4.78, 5) is 12.7. The first-order valence-corrected chi connectivity index (χ1v) is 10.9. The van der Waals surface area contributed by atoms with E-state index in [-0.39, 0.29) is 5.91 Å². The van der Waals surface area contributed by atoms with Crippen molar-refractivity contribution >= 4 is 33.0 Å². The summed E-state index contributed by atoms with van der Waals surface area (Å²) in [7, 11) is -0.180. The number of rotatable bonds is 6. The van der Waals surface area contributed by atoms with Crippen LogP contribution in [0.3, 0.4) is 0 Å². The zero-order valence-electron chi connectivity index (χ0n) is 16.5. The molecule has 0 saturated carbocycles. The van der Waals surface area contributed by atoms with Gasteiger partial charge in [0.25, 0.3) is 5.91 Å². The molecule has 0 heterocycles. The monoisotopic (exact) mass is 409 g/mol. The molecule has 2 N–H and O–H groups in total. The Balaban J connectivity index is 2.04. The van der Waals surface area contributed by atoms with E-state index in [1.54, 1.807) is 36.4 Å². The second-order valence-electron chi connectivity index (χ2n) is 6.61. The van der Waals surface area contributed by atoms with Crippen molar-refractivity contribution in [2.24, 2.45) is 0 Å². The Kier molecular flexibility index (Phi) is 5.89. The molecular weight excluding hydrogens is 386 g/mol. The number of amides is 1. The number of hydrogen-bond acceptors (Lipinski definition) is 4. The molecule has 0 aliphatic heterocycles. The molecule has 0 atom stereocenters. The van der Waals surface area contributed by atoms with Crippen LogP contribution in [0.5, 0.6) is 0 Å². The lowest BCUT2D eigenvalue weighted by Crippen LogP contribution is -2.26. The van der Waals surface area contributed by atoms with Crippen LogP contribution in [0, 0.1) is 0 Å². The second-order valence-corrected chi connectivity index (χ2v) is 8.62. The molecule has 6 nitrogen and oxygen atoms in total. The zero-order valence-corrected chi connectivity index (χ0v) is 17.3. The highest BCUT2D eigenvalue weighted by Gasteiger charge is 2.18. The first-order valence-electron chi connectivity index (χ1n) is 9.02. The van der Waals surface area contributed by atoms with E-state index in [0.717, 1.165) is 27.4 Å². The summed E-state index contributed by atoms with van der Waals surface area (Å²) in [5, 5.41) is 5.93. The molecule has 0 aliphatic rings. The maximum atomic E-state index is 12.7. The Hall–Kier alpha value is -3.32.